The topological polar surface area (TPSA) is 49.3 Å². The van der Waals surface area contributed by atoms with E-state index in [9.17, 15) is 18.0 Å². The highest BCUT2D eigenvalue weighted by atomic mass is 32.2. The van der Waals surface area contributed by atoms with Crippen LogP contribution in [0.1, 0.15) is 20.3 Å². The van der Waals surface area contributed by atoms with Crippen molar-refractivity contribution in [3.8, 4) is 0 Å². The number of aliphatic carboxylic acids is 1. The Morgan fingerprint density at radius 2 is 2.00 bits per heavy atom. The van der Waals surface area contributed by atoms with Crippen LogP contribution in [0, 0.1) is 5.92 Å². The van der Waals surface area contributed by atoms with Crippen molar-refractivity contribution in [3.63, 3.8) is 0 Å². The number of rotatable bonds is 7. The predicted molar refractivity (Wildman–Crippen MR) is 57.4 cm³/mol. The molecular formula is C9H16F3NO2S. The van der Waals surface area contributed by atoms with Gasteiger partial charge >= 0.3 is 11.5 Å². The second-order valence-corrected chi connectivity index (χ2v) is 4.93. The number of hydrogen-bond donors (Lipinski definition) is 2. The number of carbonyl (C=O) groups is 1. The molecule has 0 amide bonds. The minimum absolute atomic E-state index is 0.0356. The first-order valence-electron chi connectivity index (χ1n) is 4.89. The Hall–Kier alpha value is -0.430. The van der Waals surface area contributed by atoms with Gasteiger partial charge in [0.15, 0.2) is 0 Å². The maximum Gasteiger partial charge on any atom is 0.441 e. The van der Waals surface area contributed by atoms with Crippen molar-refractivity contribution in [3.05, 3.63) is 0 Å². The average molecular weight is 259 g/mol. The van der Waals surface area contributed by atoms with Crippen LogP contribution in [0.2, 0.25) is 0 Å². The maximum atomic E-state index is 11.8. The van der Waals surface area contributed by atoms with Crippen molar-refractivity contribution in [1.82, 2.24) is 5.32 Å². The molecule has 0 aromatic heterocycles. The maximum absolute atomic E-state index is 11.8. The van der Waals surface area contributed by atoms with Crippen molar-refractivity contribution >= 4 is 17.7 Å². The quantitative estimate of drug-likeness (QED) is 0.689. The van der Waals surface area contributed by atoms with Gasteiger partial charge in [-0.25, -0.2) is 0 Å². The fourth-order valence-electron chi connectivity index (χ4n) is 1.14. The second-order valence-electron chi connectivity index (χ2n) is 3.77. The number of carboxylic acid groups (broad SMARTS) is 1. The van der Waals surface area contributed by atoms with Crippen LogP contribution in [0.15, 0.2) is 0 Å². The lowest BCUT2D eigenvalue weighted by molar-refractivity contribution is -0.139. The van der Waals surface area contributed by atoms with Crippen LogP contribution < -0.4 is 5.32 Å². The molecule has 0 radical (unpaired) electrons. The minimum Gasteiger partial charge on any atom is -0.480 e. The summed E-state index contributed by atoms with van der Waals surface area (Å²) in [5.41, 5.74) is -4.25. The standard InChI is InChI=1S/C9H16F3NO2S/c1-6(2)5-7(8(14)15)13-3-4-16-9(10,11)12/h6-7,13H,3-5H2,1-2H3,(H,14,15). The van der Waals surface area contributed by atoms with Gasteiger partial charge in [-0.1, -0.05) is 13.8 Å². The van der Waals surface area contributed by atoms with E-state index in [1.165, 1.54) is 0 Å². The molecule has 96 valence electrons. The van der Waals surface area contributed by atoms with Gasteiger partial charge in [0.25, 0.3) is 0 Å². The Kier molecular flexibility index (Phi) is 6.82. The molecule has 0 bridgehead atoms. The zero-order valence-corrected chi connectivity index (χ0v) is 9.99. The Morgan fingerprint density at radius 3 is 2.38 bits per heavy atom. The van der Waals surface area contributed by atoms with E-state index in [2.05, 4.69) is 5.32 Å². The lowest BCUT2D eigenvalue weighted by Gasteiger charge is -2.16. The number of nitrogens with one attached hydrogen (secondary N) is 1. The summed E-state index contributed by atoms with van der Waals surface area (Å²) >= 11 is -0.149. The number of halogens is 3. The molecule has 7 heteroatoms. The minimum atomic E-state index is -4.25. The van der Waals surface area contributed by atoms with E-state index in [-0.39, 0.29) is 30.0 Å². The van der Waals surface area contributed by atoms with Crippen molar-refractivity contribution in [2.75, 3.05) is 12.3 Å². The monoisotopic (exact) mass is 259 g/mol. The summed E-state index contributed by atoms with van der Waals surface area (Å²) in [6.07, 6.45) is 0.409. The summed E-state index contributed by atoms with van der Waals surface area (Å²) in [7, 11) is 0. The van der Waals surface area contributed by atoms with Crippen LogP contribution in [0.5, 0.6) is 0 Å². The molecule has 3 nitrogen and oxygen atoms in total. The largest absolute Gasteiger partial charge is 0.480 e. The van der Waals surface area contributed by atoms with Gasteiger partial charge < -0.3 is 10.4 Å². The molecule has 0 aromatic rings. The van der Waals surface area contributed by atoms with Gasteiger partial charge in [-0.2, -0.15) is 13.2 Å². The lowest BCUT2D eigenvalue weighted by Crippen LogP contribution is -2.39. The third-order valence-electron chi connectivity index (χ3n) is 1.76. The Balaban J connectivity index is 3.82. The van der Waals surface area contributed by atoms with Crippen LogP contribution in [-0.2, 0) is 4.79 Å². The molecule has 1 atom stereocenters. The van der Waals surface area contributed by atoms with E-state index >= 15 is 0 Å². The molecule has 0 spiro atoms. The molecule has 0 saturated carbocycles. The van der Waals surface area contributed by atoms with Crippen LogP contribution in [0.4, 0.5) is 13.2 Å². The first kappa shape index (κ1) is 15.6. The highest BCUT2D eigenvalue weighted by Crippen LogP contribution is 2.29. The fraction of sp³-hybridized carbons (Fsp3) is 0.889. The van der Waals surface area contributed by atoms with Crippen molar-refractivity contribution < 1.29 is 23.1 Å². The second kappa shape index (κ2) is 7.01. The zero-order valence-electron chi connectivity index (χ0n) is 9.17. The van der Waals surface area contributed by atoms with Crippen LogP contribution >= 0.6 is 11.8 Å². The SMILES string of the molecule is CC(C)CC(NCCSC(F)(F)F)C(=O)O. The van der Waals surface area contributed by atoms with Gasteiger partial charge in [-0.05, 0) is 24.1 Å². The molecular weight excluding hydrogens is 243 g/mol. The van der Waals surface area contributed by atoms with E-state index < -0.39 is 17.5 Å². The molecule has 0 aliphatic rings. The molecule has 0 saturated heterocycles. The number of hydrogen-bond acceptors (Lipinski definition) is 3. The van der Waals surface area contributed by atoms with E-state index in [1.807, 2.05) is 13.8 Å². The molecule has 0 aliphatic carbocycles. The van der Waals surface area contributed by atoms with Gasteiger partial charge in [0.1, 0.15) is 6.04 Å². The van der Waals surface area contributed by atoms with Gasteiger partial charge in [0.05, 0.1) is 0 Å². The normalized spacial score (nSPS) is 14.1. The Labute approximate surface area is 96.8 Å². The zero-order chi connectivity index (χ0) is 12.8. The third kappa shape index (κ3) is 8.84. The average Bonchev–Trinajstić information content (AvgIpc) is 2.07. The number of thioether (sulfide) groups is 1. The molecule has 1 unspecified atom stereocenters. The highest BCUT2D eigenvalue weighted by Gasteiger charge is 2.27. The molecule has 0 fully saturated rings. The fourth-order valence-corrected chi connectivity index (χ4v) is 1.59. The lowest BCUT2D eigenvalue weighted by atomic mass is 10.0. The predicted octanol–water partition coefficient (Wildman–Crippen LogP) is 2.33. The van der Waals surface area contributed by atoms with E-state index in [0.29, 0.717) is 6.42 Å². The summed E-state index contributed by atoms with van der Waals surface area (Å²) < 4.78 is 35.3. The van der Waals surface area contributed by atoms with Crippen molar-refractivity contribution in [1.29, 1.82) is 0 Å². The summed E-state index contributed by atoms with van der Waals surface area (Å²) in [4.78, 5) is 10.7. The molecule has 0 aromatic carbocycles. The van der Waals surface area contributed by atoms with Crippen LogP contribution in [0.25, 0.3) is 0 Å². The Morgan fingerprint density at radius 1 is 1.44 bits per heavy atom. The molecule has 16 heavy (non-hydrogen) atoms. The van der Waals surface area contributed by atoms with Gasteiger partial charge in [-0.15, -0.1) is 0 Å². The van der Waals surface area contributed by atoms with Gasteiger partial charge in [0, 0.05) is 12.3 Å². The smallest absolute Gasteiger partial charge is 0.441 e. The van der Waals surface area contributed by atoms with E-state index in [4.69, 9.17) is 5.11 Å². The van der Waals surface area contributed by atoms with E-state index in [0.717, 1.165) is 0 Å². The Bertz CT molecular complexity index is 221. The summed E-state index contributed by atoms with van der Waals surface area (Å²) in [5.74, 6) is -1.01. The first-order valence-corrected chi connectivity index (χ1v) is 5.88. The molecule has 0 rings (SSSR count). The van der Waals surface area contributed by atoms with Crippen molar-refractivity contribution in [2.45, 2.75) is 31.8 Å². The summed E-state index contributed by atoms with van der Waals surface area (Å²) in [6, 6.07) is -0.770. The summed E-state index contributed by atoms with van der Waals surface area (Å²) in [5, 5.41) is 11.4. The highest BCUT2D eigenvalue weighted by molar-refractivity contribution is 8.00. The molecule has 2 N–H and O–H groups in total. The molecule has 0 heterocycles. The third-order valence-corrected chi connectivity index (χ3v) is 2.50. The number of alkyl halides is 3. The van der Waals surface area contributed by atoms with E-state index in [1.54, 1.807) is 0 Å². The van der Waals surface area contributed by atoms with Crippen molar-refractivity contribution in [2.24, 2.45) is 5.92 Å². The van der Waals surface area contributed by atoms with Crippen LogP contribution in [-0.4, -0.2) is 34.9 Å². The first-order chi connectivity index (χ1) is 7.22. The summed E-state index contributed by atoms with van der Waals surface area (Å²) in [6.45, 7) is 3.76. The molecule has 0 aliphatic heterocycles. The van der Waals surface area contributed by atoms with Gasteiger partial charge in [0.2, 0.25) is 0 Å². The number of carboxylic acids is 1. The van der Waals surface area contributed by atoms with Crippen LogP contribution in [0.3, 0.4) is 0 Å². The van der Waals surface area contributed by atoms with Gasteiger partial charge in [-0.3, -0.25) is 4.79 Å².